The number of hydrogen-bond donors (Lipinski definition) is 0. The van der Waals surface area contributed by atoms with E-state index < -0.39 is 0 Å². The zero-order chi connectivity index (χ0) is 8.23. The lowest BCUT2D eigenvalue weighted by Crippen LogP contribution is -2.06. The Morgan fingerprint density at radius 1 is 0.417 bits per heavy atom. The number of rotatable bonds is 0. The fraction of sp³-hybridized carbons (Fsp3) is 1.00. The van der Waals surface area contributed by atoms with Crippen LogP contribution in [0.1, 0.15) is 64.2 Å². The first-order valence-corrected chi connectivity index (χ1v) is 5.97. The highest BCUT2D eigenvalue weighted by molar-refractivity contribution is 4.78. The average molecular weight is 166 g/mol. The molecule has 2 saturated carbocycles. The Balaban J connectivity index is 1.87. The van der Waals surface area contributed by atoms with Gasteiger partial charge < -0.3 is 0 Å². The van der Waals surface area contributed by atoms with Crippen molar-refractivity contribution < 1.29 is 0 Å². The van der Waals surface area contributed by atoms with Crippen LogP contribution in [-0.4, -0.2) is 0 Å². The Hall–Kier alpha value is 0. The van der Waals surface area contributed by atoms with Gasteiger partial charge in [-0.3, -0.25) is 0 Å². The molecule has 2 unspecified atom stereocenters. The summed E-state index contributed by atoms with van der Waals surface area (Å²) < 4.78 is 0. The van der Waals surface area contributed by atoms with Gasteiger partial charge >= 0.3 is 0 Å². The van der Waals surface area contributed by atoms with Crippen molar-refractivity contribution in [1.82, 2.24) is 0 Å². The van der Waals surface area contributed by atoms with Crippen LogP contribution in [0.2, 0.25) is 0 Å². The molecule has 12 heavy (non-hydrogen) atoms. The minimum atomic E-state index is 1.14. The summed E-state index contributed by atoms with van der Waals surface area (Å²) in [5.41, 5.74) is 0. The highest BCUT2D eigenvalue weighted by Gasteiger charge is 2.26. The first kappa shape index (κ1) is 8.59. The fourth-order valence-electron chi connectivity index (χ4n) is 3.22. The van der Waals surface area contributed by atoms with Crippen LogP contribution in [0, 0.1) is 11.8 Å². The van der Waals surface area contributed by atoms with Crippen molar-refractivity contribution in [3.05, 3.63) is 0 Å². The zero-order valence-electron chi connectivity index (χ0n) is 8.23. The SMILES string of the molecule is C1CCCC2CCCC2CCC1. The Bertz CT molecular complexity index is 114. The lowest BCUT2D eigenvalue weighted by Gasteiger charge is -2.17. The minimum absolute atomic E-state index is 1.14. The predicted octanol–water partition coefficient (Wildman–Crippen LogP) is 4.15. The first-order chi connectivity index (χ1) is 5.97. The molecule has 0 nitrogen and oxygen atoms in total. The maximum absolute atomic E-state index is 1.56. The molecule has 0 heterocycles. The lowest BCUT2D eigenvalue weighted by molar-refractivity contribution is 0.339. The van der Waals surface area contributed by atoms with E-state index >= 15 is 0 Å². The molecule has 0 aromatic heterocycles. The molecule has 70 valence electrons. The van der Waals surface area contributed by atoms with E-state index in [1.54, 1.807) is 25.7 Å². The molecule has 0 spiro atoms. The molecule has 0 radical (unpaired) electrons. The number of hydrogen-bond acceptors (Lipinski definition) is 0. The van der Waals surface area contributed by atoms with Gasteiger partial charge in [0.05, 0.1) is 0 Å². The smallest absolute Gasteiger partial charge is 0.0386 e. The maximum Gasteiger partial charge on any atom is -0.0386 e. The fourth-order valence-corrected chi connectivity index (χ4v) is 3.22. The molecule has 0 heteroatoms. The van der Waals surface area contributed by atoms with Crippen molar-refractivity contribution in [3.8, 4) is 0 Å². The van der Waals surface area contributed by atoms with Gasteiger partial charge in [0.15, 0.2) is 0 Å². The summed E-state index contributed by atoms with van der Waals surface area (Å²) in [7, 11) is 0. The van der Waals surface area contributed by atoms with Crippen molar-refractivity contribution in [2.45, 2.75) is 64.2 Å². The van der Waals surface area contributed by atoms with Crippen molar-refractivity contribution in [3.63, 3.8) is 0 Å². The molecule has 0 N–H and O–H groups in total. The highest BCUT2D eigenvalue weighted by Crippen LogP contribution is 2.39. The van der Waals surface area contributed by atoms with Gasteiger partial charge in [-0.1, -0.05) is 64.2 Å². The molecule has 0 amide bonds. The second-order valence-electron chi connectivity index (χ2n) is 4.80. The summed E-state index contributed by atoms with van der Waals surface area (Å²) in [6.07, 6.45) is 15.4. The molecule has 0 aromatic rings. The third kappa shape index (κ3) is 2.02. The standard InChI is InChI=1S/C12H22/c1-2-4-7-11-9-6-10-12(11)8-5-3-1/h11-12H,1-10H2. The Labute approximate surface area is 76.7 Å². The Morgan fingerprint density at radius 3 is 1.42 bits per heavy atom. The molecule has 0 aliphatic heterocycles. The van der Waals surface area contributed by atoms with Crippen LogP contribution in [0.4, 0.5) is 0 Å². The van der Waals surface area contributed by atoms with Crippen molar-refractivity contribution in [2.75, 3.05) is 0 Å². The second-order valence-corrected chi connectivity index (χ2v) is 4.80. The molecule has 2 atom stereocenters. The van der Waals surface area contributed by atoms with Gasteiger partial charge in [-0.2, -0.15) is 0 Å². The molecule has 0 bridgehead atoms. The van der Waals surface area contributed by atoms with Crippen molar-refractivity contribution >= 4 is 0 Å². The van der Waals surface area contributed by atoms with Gasteiger partial charge in [0.2, 0.25) is 0 Å². The topological polar surface area (TPSA) is 0 Å². The van der Waals surface area contributed by atoms with Crippen LogP contribution in [0.5, 0.6) is 0 Å². The average Bonchev–Trinajstić information content (AvgIpc) is 2.50. The summed E-state index contributed by atoms with van der Waals surface area (Å²) in [5, 5.41) is 0. The van der Waals surface area contributed by atoms with E-state index in [2.05, 4.69) is 0 Å². The van der Waals surface area contributed by atoms with E-state index in [9.17, 15) is 0 Å². The van der Waals surface area contributed by atoms with E-state index in [0.29, 0.717) is 0 Å². The Morgan fingerprint density at radius 2 is 0.833 bits per heavy atom. The predicted molar refractivity (Wildman–Crippen MR) is 53.2 cm³/mol. The quantitative estimate of drug-likeness (QED) is 0.507. The molecule has 2 aliphatic carbocycles. The third-order valence-electron chi connectivity index (χ3n) is 3.97. The first-order valence-electron chi connectivity index (χ1n) is 5.97. The third-order valence-corrected chi connectivity index (χ3v) is 3.97. The van der Waals surface area contributed by atoms with Crippen LogP contribution in [-0.2, 0) is 0 Å². The van der Waals surface area contributed by atoms with Gasteiger partial charge in [-0.05, 0) is 11.8 Å². The van der Waals surface area contributed by atoms with E-state index in [-0.39, 0.29) is 0 Å². The summed E-state index contributed by atoms with van der Waals surface area (Å²) >= 11 is 0. The van der Waals surface area contributed by atoms with Crippen LogP contribution in [0.25, 0.3) is 0 Å². The molecule has 2 fully saturated rings. The normalized spacial score (nSPS) is 38.0. The van der Waals surface area contributed by atoms with Crippen molar-refractivity contribution in [2.24, 2.45) is 11.8 Å². The van der Waals surface area contributed by atoms with Gasteiger partial charge in [0, 0.05) is 0 Å². The van der Waals surface area contributed by atoms with Crippen LogP contribution in [0.3, 0.4) is 0 Å². The molecule has 0 aromatic carbocycles. The molecule has 2 aliphatic rings. The maximum atomic E-state index is 1.56. The Kier molecular flexibility index (Phi) is 3.08. The van der Waals surface area contributed by atoms with Crippen LogP contribution in [0.15, 0.2) is 0 Å². The molecular weight excluding hydrogens is 144 g/mol. The van der Waals surface area contributed by atoms with Gasteiger partial charge in [0.1, 0.15) is 0 Å². The summed E-state index contributed by atoms with van der Waals surface area (Å²) in [6, 6.07) is 0. The van der Waals surface area contributed by atoms with Gasteiger partial charge in [0.25, 0.3) is 0 Å². The van der Waals surface area contributed by atoms with Gasteiger partial charge in [-0.25, -0.2) is 0 Å². The summed E-state index contributed by atoms with van der Waals surface area (Å²) in [5.74, 6) is 2.28. The zero-order valence-corrected chi connectivity index (χ0v) is 8.23. The molecular formula is C12H22. The van der Waals surface area contributed by atoms with E-state index in [1.165, 1.54) is 38.5 Å². The van der Waals surface area contributed by atoms with E-state index in [1.807, 2.05) is 0 Å². The summed E-state index contributed by atoms with van der Waals surface area (Å²) in [4.78, 5) is 0. The van der Waals surface area contributed by atoms with E-state index in [4.69, 9.17) is 0 Å². The highest BCUT2D eigenvalue weighted by atomic mass is 14.3. The second kappa shape index (κ2) is 4.30. The number of fused-ring (bicyclic) bond motifs is 1. The minimum Gasteiger partial charge on any atom is -0.0533 e. The van der Waals surface area contributed by atoms with Gasteiger partial charge in [-0.15, -0.1) is 0 Å². The van der Waals surface area contributed by atoms with E-state index in [0.717, 1.165) is 11.8 Å². The monoisotopic (exact) mass is 166 g/mol. The van der Waals surface area contributed by atoms with Crippen LogP contribution < -0.4 is 0 Å². The largest absolute Gasteiger partial charge is 0.0533 e. The van der Waals surface area contributed by atoms with Crippen LogP contribution >= 0.6 is 0 Å². The van der Waals surface area contributed by atoms with Crippen molar-refractivity contribution in [1.29, 1.82) is 0 Å². The summed E-state index contributed by atoms with van der Waals surface area (Å²) in [6.45, 7) is 0. The molecule has 2 rings (SSSR count). The molecule has 0 saturated heterocycles. The lowest BCUT2D eigenvalue weighted by atomic mass is 9.89.